The highest BCUT2D eigenvalue weighted by atomic mass is 32.2. The lowest BCUT2D eigenvalue weighted by atomic mass is 9.88. The minimum absolute atomic E-state index is 0.138. The Bertz CT molecular complexity index is 626. The molecule has 0 radical (unpaired) electrons. The Labute approximate surface area is 126 Å². The van der Waals surface area contributed by atoms with Crippen LogP contribution in [0.1, 0.15) is 42.9 Å². The maximum atomic E-state index is 12.4. The van der Waals surface area contributed by atoms with E-state index >= 15 is 0 Å². The van der Waals surface area contributed by atoms with E-state index in [0.717, 1.165) is 43.4 Å². The Morgan fingerprint density at radius 1 is 1.33 bits per heavy atom. The van der Waals surface area contributed by atoms with Gasteiger partial charge in [-0.3, -0.25) is 0 Å². The second-order valence-corrected chi connectivity index (χ2v) is 8.06. The fraction of sp³-hybridized carbons (Fsp3) is 0.600. The van der Waals surface area contributed by atoms with Crippen LogP contribution in [0.3, 0.4) is 0 Å². The van der Waals surface area contributed by atoms with Crippen LogP contribution in [0.5, 0.6) is 0 Å². The van der Waals surface area contributed by atoms with Gasteiger partial charge in [-0.05, 0) is 61.3 Å². The maximum absolute atomic E-state index is 12.4. The Hall–Kier alpha value is -1.11. The molecule has 0 aliphatic heterocycles. The van der Waals surface area contributed by atoms with E-state index in [9.17, 15) is 8.42 Å². The van der Waals surface area contributed by atoms with Gasteiger partial charge >= 0.3 is 0 Å². The topological polar surface area (TPSA) is 75.4 Å². The monoisotopic (exact) mass is 309 g/mol. The van der Waals surface area contributed by atoms with Crippen LogP contribution in [-0.2, 0) is 16.6 Å². The van der Waals surface area contributed by atoms with Crippen LogP contribution in [0, 0.1) is 5.92 Å². The zero-order chi connectivity index (χ0) is 15.0. The van der Waals surface area contributed by atoms with Crippen molar-refractivity contribution in [2.24, 2.45) is 5.92 Å². The standard InChI is InChI=1S/C15H23N3O2S/c1-18(10-11-5-6-11)21(19,20)17-15-4-2-3-12-9-13(16)7-8-14(12)15/h7-9,11,15,17H,2-6,10,16H2,1H3. The predicted octanol–water partition coefficient (Wildman–Crippen LogP) is 1.82. The average molecular weight is 309 g/mol. The molecule has 0 spiro atoms. The van der Waals surface area contributed by atoms with Crippen LogP contribution in [0.4, 0.5) is 5.69 Å². The van der Waals surface area contributed by atoms with Crippen molar-refractivity contribution in [3.05, 3.63) is 29.3 Å². The van der Waals surface area contributed by atoms with E-state index < -0.39 is 10.2 Å². The van der Waals surface area contributed by atoms with Gasteiger partial charge in [-0.25, -0.2) is 0 Å². The molecule has 0 bridgehead atoms. The van der Waals surface area contributed by atoms with Crippen molar-refractivity contribution >= 4 is 15.9 Å². The van der Waals surface area contributed by atoms with Crippen LogP contribution < -0.4 is 10.5 Å². The molecule has 1 aromatic rings. The summed E-state index contributed by atoms with van der Waals surface area (Å²) in [6.07, 6.45) is 5.08. The van der Waals surface area contributed by atoms with Gasteiger partial charge in [0.25, 0.3) is 10.2 Å². The molecule has 1 aromatic carbocycles. The van der Waals surface area contributed by atoms with Gasteiger partial charge in [0.2, 0.25) is 0 Å². The molecule has 3 rings (SSSR count). The quantitative estimate of drug-likeness (QED) is 0.815. The Morgan fingerprint density at radius 2 is 2.10 bits per heavy atom. The molecule has 21 heavy (non-hydrogen) atoms. The van der Waals surface area contributed by atoms with Gasteiger partial charge in [0.05, 0.1) is 0 Å². The molecule has 1 saturated carbocycles. The van der Waals surface area contributed by atoms with E-state index in [1.165, 1.54) is 9.87 Å². The highest BCUT2D eigenvalue weighted by Gasteiger charge is 2.31. The summed E-state index contributed by atoms with van der Waals surface area (Å²) in [5.41, 5.74) is 8.79. The number of fused-ring (bicyclic) bond motifs is 1. The molecule has 116 valence electrons. The smallest absolute Gasteiger partial charge is 0.279 e. The van der Waals surface area contributed by atoms with Crippen molar-refractivity contribution in [3.63, 3.8) is 0 Å². The van der Waals surface area contributed by atoms with Crippen LogP contribution in [0.25, 0.3) is 0 Å². The molecule has 0 amide bonds. The van der Waals surface area contributed by atoms with E-state index in [1.807, 2.05) is 18.2 Å². The first-order chi connectivity index (χ1) is 9.95. The molecule has 2 aliphatic carbocycles. The molecule has 1 unspecified atom stereocenters. The predicted molar refractivity (Wildman–Crippen MR) is 83.9 cm³/mol. The van der Waals surface area contributed by atoms with Gasteiger partial charge in [-0.15, -0.1) is 0 Å². The maximum Gasteiger partial charge on any atom is 0.279 e. The number of aryl methyl sites for hydroxylation is 1. The molecule has 1 atom stereocenters. The summed E-state index contributed by atoms with van der Waals surface area (Å²) in [5.74, 6) is 0.546. The Balaban J connectivity index is 1.76. The van der Waals surface area contributed by atoms with Gasteiger partial charge in [-0.2, -0.15) is 17.4 Å². The Kier molecular flexibility index (Phi) is 3.94. The summed E-state index contributed by atoms with van der Waals surface area (Å²) < 4.78 is 29.2. The summed E-state index contributed by atoms with van der Waals surface area (Å²) in [6, 6.07) is 5.63. The molecule has 2 aliphatic rings. The van der Waals surface area contributed by atoms with Crippen molar-refractivity contribution in [1.82, 2.24) is 9.03 Å². The van der Waals surface area contributed by atoms with E-state index in [2.05, 4.69) is 4.72 Å². The van der Waals surface area contributed by atoms with Crippen molar-refractivity contribution in [3.8, 4) is 0 Å². The summed E-state index contributed by atoms with van der Waals surface area (Å²) in [6.45, 7) is 0.622. The fourth-order valence-electron chi connectivity index (χ4n) is 2.99. The minimum atomic E-state index is -3.42. The number of anilines is 1. The normalized spacial score (nSPS) is 22.3. The summed E-state index contributed by atoms with van der Waals surface area (Å²) in [4.78, 5) is 0. The lowest BCUT2D eigenvalue weighted by Crippen LogP contribution is -2.41. The number of benzene rings is 1. The molecule has 3 N–H and O–H groups in total. The molecule has 0 heterocycles. The molecule has 1 fully saturated rings. The lowest BCUT2D eigenvalue weighted by Gasteiger charge is -2.28. The van der Waals surface area contributed by atoms with E-state index in [0.29, 0.717) is 12.5 Å². The number of nitrogens with two attached hydrogens (primary N) is 1. The Morgan fingerprint density at radius 3 is 2.81 bits per heavy atom. The third kappa shape index (κ3) is 3.39. The number of nitrogens with zero attached hydrogens (tertiary/aromatic N) is 1. The van der Waals surface area contributed by atoms with Gasteiger partial charge in [0.1, 0.15) is 0 Å². The van der Waals surface area contributed by atoms with Crippen molar-refractivity contribution in [2.75, 3.05) is 19.3 Å². The highest BCUT2D eigenvalue weighted by molar-refractivity contribution is 7.87. The number of nitrogens with one attached hydrogen (secondary N) is 1. The van der Waals surface area contributed by atoms with Crippen molar-refractivity contribution in [2.45, 2.75) is 38.1 Å². The number of rotatable bonds is 5. The summed E-state index contributed by atoms with van der Waals surface area (Å²) >= 11 is 0. The molecule has 5 nitrogen and oxygen atoms in total. The number of nitrogen functional groups attached to an aromatic ring is 1. The van der Waals surface area contributed by atoms with Crippen molar-refractivity contribution < 1.29 is 8.42 Å². The molecule has 6 heteroatoms. The minimum Gasteiger partial charge on any atom is -0.399 e. The third-order valence-corrected chi connectivity index (χ3v) is 5.95. The zero-order valence-electron chi connectivity index (χ0n) is 12.4. The number of hydrogen-bond acceptors (Lipinski definition) is 3. The van der Waals surface area contributed by atoms with Gasteiger partial charge in [-0.1, -0.05) is 6.07 Å². The van der Waals surface area contributed by atoms with E-state index in [1.54, 1.807) is 7.05 Å². The molecular formula is C15H23N3O2S. The molecule has 0 saturated heterocycles. The first-order valence-corrected chi connectivity index (χ1v) is 9.01. The highest BCUT2D eigenvalue weighted by Crippen LogP contribution is 2.33. The second kappa shape index (κ2) is 5.59. The van der Waals surface area contributed by atoms with Gasteiger partial charge < -0.3 is 5.73 Å². The van der Waals surface area contributed by atoms with Gasteiger partial charge in [0.15, 0.2) is 0 Å². The van der Waals surface area contributed by atoms with E-state index in [4.69, 9.17) is 5.73 Å². The zero-order valence-corrected chi connectivity index (χ0v) is 13.2. The largest absolute Gasteiger partial charge is 0.399 e. The third-order valence-electron chi connectivity index (χ3n) is 4.40. The second-order valence-electron chi connectivity index (χ2n) is 6.25. The lowest BCUT2D eigenvalue weighted by molar-refractivity contribution is 0.424. The SMILES string of the molecule is CN(CC1CC1)S(=O)(=O)NC1CCCc2cc(N)ccc21. The van der Waals surface area contributed by atoms with Crippen LogP contribution in [0.15, 0.2) is 18.2 Å². The molecule has 0 aromatic heterocycles. The first-order valence-electron chi connectivity index (χ1n) is 7.57. The van der Waals surface area contributed by atoms with Gasteiger partial charge in [0, 0.05) is 25.3 Å². The van der Waals surface area contributed by atoms with Crippen LogP contribution >= 0.6 is 0 Å². The first kappa shape index (κ1) is 14.8. The summed E-state index contributed by atoms with van der Waals surface area (Å²) in [7, 11) is -1.76. The van der Waals surface area contributed by atoms with Crippen molar-refractivity contribution in [1.29, 1.82) is 0 Å². The van der Waals surface area contributed by atoms with Crippen LogP contribution in [0.2, 0.25) is 0 Å². The summed E-state index contributed by atoms with van der Waals surface area (Å²) in [5, 5.41) is 0. The fourth-order valence-corrected chi connectivity index (χ4v) is 4.18. The average Bonchev–Trinajstić information content (AvgIpc) is 3.22. The molecular weight excluding hydrogens is 286 g/mol. The number of hydrogen-bond donors (Lipinski definition) is 2. The van der Waals surface area contributed by atoms with Crippen LogP contribution in [-0.4, -0.2) is 26.3 Å². The van der Waals surface area contributed by atoms with E-state index in [-0.39, 0.29) is 6.04 Å².